The number of rotatable bonds is 9. The van der Waals surface area contributed by atoms with Crippen LogP contribution in [0.15, 0.2) is 29.3 Å². The molecule has 0 saturated carbocycles. The predicted molar refractivity (Wildman–Crippen MR) is 103 cm³/mol. The third-order valence-electron chi connectivity index (χ3n) is 3.29. The Morgan fingerprint density at radius 3 is 2.14 bits per heavy atom. The summed E-state index contributed by atoms with van der Waals surface area (Å²) in [5.41, 5.74) is 16.9. The number of nitrogens with one attached hydrogen (secondary N) is 1. The van der Waals surface area contributed by atoms with Crippen LogP contribution in [0.4, 0.5) is 0 Å². The van der Waals surface area contributed by atoms with Crippen molar-refractivity contribution in [2.24, 2.45) is 22.2 Å². The number of phenolic OH excluding ortho intramolecular Hbond substituents is 1. The second kappa shape index (κ2) is 12.9. The Morgan fingerprint density at radius 1 is 1.14 bits per heavy atom. The lowest BCUT2D eigenvalue weighted by Gasteiger charge is -2.17. The molecule has 0 aliphatic rings. The Morgan fingerprint density at radius 2 is 1.68 bits per heavy atom. The third kappa shape index (κ3) is 12.1. The highest BCUT2D eigenvalue weighted by Gasteiger charge is 2.23. The van der Waals surface area contributed by atoms with Crippen molar-refractivity contribution >= 4 is 23.8 Å². The quantitative estimate of drug-likeness (QED) is 0.154. The number of carbonyl (C=O) groups is 3. The van der Waals surface area contributed by atoms with Crippen LogP contribution in [0.3, 0.4) is 0 Å². The zero-order chi connectivity index (χ0) is 21.7. The molecule has 0 fully saturated rings. The molecule has 0 aliphatic heterocycles. The molecule has 1 rings (SSSR count). The minimum absolute atomic E-state index is 0.0677. The Kier molecular flexibility index (Phi) is 11.4. The fourth-order valence-corrected chi connectivity index (χ4v) is 2.02. The Labute approximate surface area is 162 Å². The van der Waals surface area contributed by atoms with E-state index < -0.39 is 29.9 Å². The standard InChI is InChI=1S/C15H23N5O4.C2H4O2/c16-11(8-9-3-5-10(21)6-4-9)13(22)20-12(14(23)24)2-1-7-19-15(17)18;1-2(3)4/h3-6,11-12,21H,1-2,7-8,16H2,(H,20,22)(H,23,24)(H4,17,18,19);1H3,(H,3,4)/t11-,12-;/m0./s1. The molecule has 0 aliphatic carbocycles. The smallest absolute Gasteiger partial charge is 0.326 e. The van der Waals surface area contributed by atoms with Gasteiger partial charge in [-0.25, -0.2) is 4.79 Å². The van der Waals surface area contributed by atoms with Gasteiger partial charge in [0.25, 0.3) is 5.97 Å². The van der Waals surface area contributed by atoms with Crippen molar-refractivity contribution in [1.29, 1.82) is 0 Å². The monoisotopic (exact) mass is 397 g/mol. The van der Waals surface area contributed by atoms with Gasteiger partial charge in [0.2, 0.25) is 5.91 Å². The largest absolute Gasteiger partial charge is 0.508 e. The molecule has 0 radical (unpaired) electrons. The zero-order valence-electron chi connectivity index (χ0n) is 15.5. The Balaban J connectivity index is 0.00000165. The van der Waals surface area contributed by atoms with Crippen LogP contribution in [0.25, 0.3) is 0 Å². The van der Waals surface area contributed by atoms with Crippen LogP contribution < -0.4 is 22.5 Å². The highest BCUT2D eigenvalue weighted by molar-refractivity contribution is 5.87. The number of aliphatic imine (C=N–C) groups is 1. The van der Waals surface area contributed by atoms with Gasteiger partial charge in [-0.05, 0) is 37.0 Å². The number of amides is 1. The van der Waals surface area contributed by atoms with Crippen molar-refractivity contribution in [2.75, 3.05) is 6.54 Å². The van der Waals surface area contributed by atoms with Crippen molar-refractivity contribution in [3.8, 4) is 5.75 Å². The van der Waals surface area contributed by atoms with E-state index in [1.807, 2.05) is 0 Å². The van der Waals surface area contributed by atoms with Gasteiger partial charge in [-0.15, -0.1) is 0 Å². The number of carbonyl (C=O) groups excluding carboxylic acids is 1. The summed E-state index contributed by atoms with van der Waals surface area (Å²) in [6.45, 7) is 1.36. The van der Waals surface area contributed by atoms with E-state index in [2.05, 4.69) is 10.3 Å². The molecule has 0 unspecified atom stereocenters. The van der Waals surface area contributed by atoms with Gasteiger partial charge < -0.3 is 37.8 Å². The first-order chi connectivity index (χ1) is 13.0. The number of carboxylic acids is 2. The molecular formula is C17H27N5O6. The lowest BCUT2D eigenvalue weighted by atomic mass is 10.0. The number of phenols is 1. The lowest BCUT2D eigenvalue weighted by Crippen LogP contribution is -2.49. The Bertz CT molecular complexity index is 669. The molecule has 156 valence electrons. The molecule has 0 saturated heterocycles. The first-order valence-corrected chi connectivity index (χ1v) is 8.34. The number of aliphatic carboxylic acids is 2. The number of hydrogen-bond donors (Lipinski definition) is 7. The van der Waals surface area contributed by atoms with Gasteiger partial charge in [0.1, 0.15) is 11.8 Å². The van der Waals surface area contributed by atoms with Crippen LogP contribution in [-0.4, -0.2) is 57.8 Å². The van der Waals surface area contributed by atoms with E-state index in [1.165, 1.54) is 12.1 Å². The highest BCUT2D eigenvalue weighted by Crippen LogP contribution is 2.11. The summed E-state index contributed by atoms with van der Waals surface area (Å²) in [5.74, 6) is -2.49. The number of aromatic hydroxyl groups is 1. The molecule has 28 heavy (non-hydrogen) atoms. The topological polar surface area (TPSA) is 214 Å². The molecule has 11 nitrogen and oxygen atoms in total. The minimum atomic E-state index is -1.15. The van der Waals surface area contributed by atoms with Crippen LogP contribution in [0.5, 0.6) is 5.75 Å². The maximum atomic E-state index is 12.1. The maximum Gasteiger partial charge on any atom is 0.326 e. The van der Waals surface area contributed by atoms with E-state index in [1.54, 1.807) is 12.1 Å². The molecule has 1 amide bonds. The molecule has 1 aromatic carbocycles. The van der Waals surface area contributed by atoms with E-state index in [0.29, 0.717) is 6.42 Å². The van der Waals surface area contributed by atoms with Crippen LogP contribution >= 0.6 is 0 Å². The number of nitrogens with two attached hydrogens (primary N) is 3. The van der Waals surface area contributed by atoms with E-state index in [0.717, 1.165) is 12.5 Å². The summed E-state index contributed by atoms with van der Waals surface area (Å²) in [6.07, 6.45) is 0.818. The average Bonchev–Trinajstić information content (AvgIpc) is 2.58. The van der Waals surface area contributed by atoms with Crippen LogP contribution in [0.1, 0.15) is 25.3 Å². The van der Waals surface area contributed by atoms with Gasteiger partial charge in [-0.2, -0.15) is 0 Å². The van der Waals surface area contributed by atoms with Gasteiger partial charge in [0, 0.05) is 13.5 Å². The summed E-state index contributed by atoms with van der Waals surface area (Å²) in [4.78, 5) is 36.0. The molecule has 1 aromatic rings. The fourth-order valence-electron chi connectivity index (χ4n) is 2.02. The number of guanidine groups is 1. The van der Waals surface area contributed by atoms with E-state index >= 15 is 0 Å². The van der Waals surface area contributed by atoms with Crippen molar-refractivity contribution in [3.05, 3.63) is 29.8 Å². The van der Waals surface area contributed by atoms with Crippen molar-refractivity contribution in [3.63, 3.8) is 0 Å². The summed E-state index contributed by atoms with van der Waals surface area (Å²) in [6, 6.07) is 4.32. The predicted octanol–water partition coefficient (Wildman–Crippen LogP) is -1.02. The molecule has 11 heteroatoms. The first kappa shape index (κ1) is 24.7. The normalized spacial score (nSPS) is 11.9. The third-order valence-corrected chi connectivity index (χ3v) is 3.29. The van der Waals surface area contributed by atoms with Crippen molar-refractivity contribution < 1.29 is 29.7 Å². The second-order valence-electron chi connectivity index (χ2n) is 5.84. The van der Waals surface area contributed by atoms with Gasteiger partial charge in [-0.1, -0.05) is 12.1 Å². The summed E-state index contributed by atoms with van der Waals surface area (Å²) < 4.78 is 0. The lowest BCUT2D eigenvalue weighted by molar-refractivity contribution is -0.142. The molecular weight excluding hydrogens is 370 g/mol. The fraction of sp³-hybridized carbons (Fsp3) is 0.412. The van der Waals surface area contributed by atoms with Crippen molar-refractivity contribution in [1.82, 2.24) is 5.32 Å². The maximum absolute atomic E-state index is 12.1. The molecule has 0 heterocycles. The number of hydrogen-bond acceptors (Lipinski definition) is 6. The van der Waals surface area contributed by atoms with Crippen LogP contribution in [-0.2, 0) is 20.8 Å². The zero-order valence-corrected chi connectivity index (χ0v) is 15.5. The van der Waals surface area contributed by atoms with E-state index in [-0.39, 0.29) is 31.1 Å². The number of benzene rings is 1. The second-order valence-corrected chi connectivity index (χ2v) is 5.84. The van der Waals surface area contributed by atoms with Crippen molar-refractivity contribution in [2.45, 2.75) is 38.3 Å². The van der Waals surface area contributed by atoms with E-state index in [9.17, 15) is 14.7 Å². The summed E-state index contributed by atoms with van der Waals surface area (Å²) in [7, 11) is 0. The Hall–Kier alpha value is -3.34. The summed E-state index contributed by atoms with van der Waals surface area (Å²) >= 11 is 0. The highest BCUT2D eigenvalue weighted by atomic mass is 16.4. The van der Waals surface area contributed by atoms with Gasteiger partial charge in [0.05, 0.1) is 6.04 Å². The first-order valence-electron chi connectivity index (χ1n) is 8.34. The van der Waals surface area contributed by atoms with Gasteiger partial charge in [0.15, 0.2) is 5.96 Å². The van der Waals surface area contributed by atoms with Gasteiger partial charge >= 0.3 is 5.97 Å². The molecule has 0 bridgehead atoms. The van der Waals surface area contributed by atoms with Gasteiger partial charge in [-0.3, -0.25) is 14.6 Å². The van der Waals surface area contributed by atoms with E-state index in [4.69, 9.17) is 32.2 Å². The SMILES string of the molecule is CC(=O)O.NC(N)=NCCC[C@H](NC(=O)[C@@H](N)Cc1ccc(O)cc1)C(=O)O. The minimum Gasteiger partial charge on any atom is -0.508 e. The molecule has 0 spiro atoms. The van der Waals surface area contributed by atoms with Crippen LogP contribution in [0, 0.1) is 0 Å². The average molecular weight is 397 g/mol. The molecule has 10 N–H and O–H groups in total. The number of carboxylic acid groups (broad SMARTS) is 2. The summed E-state index contributed by atoms with van der Waals surface area (Å²) in [5, 5.41) is 28.2. The molecule has 2 atom stereocenters. The van der Waals surface area contributed by atoms with Crippen LogP contribution in [0.2, 0.25) is 0 Å². The number of nitrogens with zero attached hydrogens (tertiary/aromatic N) is 1. The molecule has 0 aromatic heterocycles.